The lowest BCUT2D eigenvalue weighted by Gasteiger charge is -2.28. The summed E-state index contributed by atoms with van der Waals surface area (Å²) < 4.78 is 5.80. The Morgan fingerprint density at radius 2 is 1.74 bits per heavy atom. The number of Topliss-reactive ketones (excluding diaryl/α,β-unsaturated/α-hetero) is 1. The molecule has 1 aliphatic heterocycles. The zero-order valence-electron chi connectivity index (χ0n) is 20.8. The monoisotopic (exact) mass is 475 g/mol. The molecule has 1 aliphatic rings. The summed E-state index contributed by atoms with van der Waals surface area (Å²) in [6.07, 6.45) is 0.735. The fourth-order valence-corrected chi connectivity index (χ4v) is 4.65. The van der Waals surface area contributed by atoms with Gasteiger partial charge in [0.15, 0.2) is 11.5 Å². The molecule has 0 radical (unpaired) electrons. The Kier molecular flexibility index (Phi) is 7.26. The number of para-hydroxylation sites is 1. The Hall–Kier alpha value is -3.58. The first-order chi connectivity index (χ1) is 16.8. The minimum atomic E-state index is -0.684. The molecule has 2 aromatic carbocycles. The van der Waals surface area contributed by atoms with Crippen molar-refractivity contribution in [3.05, 3.63) is 77.3 Å². The molecule has 1 amide bonds. The number of carbonyl (C=O) groups excluding carboxylic acids is 2. The number of hydrogen-bond acceptors (Lipinski definition) is 6. The second kappa shape index (κ2) is 10.4. The van der Waals surface area contributed by atoms with Crippen LogP contribution in [0, 0.1) is 0 Å². The fourth-order valence-electron chi connectivity index (χ4n) is 4.65. The van der Waals surface area contributed by atoms with Gasteiger partial charge in [0.2, 0.25) is 5.78 Å². The molecule has 4 rings (SSSR count). The normalized spacial score (nSPS) is 16.1. The lowest BCUT2D eigenvalue weighted by atomic mass is 9.94. The van der Waals surface area contributed by atoms with Crippen molar-refractivity contribution in [2.24, 2.45) is 0 Å². The maximum Gasteiger partial charge on any atom is 0.290 e. The summed E-state index contributed by atoms with van der Waals surface area (Å²) >= 11 is 0. The topological polar surface area (TPSA) is 77.2 Å². The Morgan fingerprint density at radius 1 is 1.06 bits per heavy atom. The van der Waals surface area contributed by atoms with Gasteiger partial charge in [0.05, 0.1) is 11.6 Å². The number of carbonyl (C=O) groups is 2. The molecule has 1 N–H and O–H groups in total. The molecule has 184 valence electrons. The second-order valence-electron chi connectivity index (χ2n) is 9.01. The van der Waals surface area contributed by atoms with E-state index < -0.39 is 23.5 Å². The second-order valence-corrected chi connectivity index (χ2v) is 9.01. The van der Waals surface area contributed by atoms with Gasteiger partial charge in [-0.05, 0) is 55.9 Å². The number of hydrogen-bond donors (Lipinski definition) is 1. The van der Waals surface area contributed by atoms with Crippen molar-refractivity contribution in [2.75, 3.05) is 45.2 Å². The zero-order valence-corrected chi connectivity index (χ0v) is 20.8. The SMILES string of the molecule is CCN(CC)CCCN1C(=O)C(O)=C(C(=O)c2cc3ccccc3o2)C1c1ccc(N(C)C)cc1. The summed E-state index contributed by atoms with van der Waals surface area (Å²) in [5, 5.41) is 11.7. The minimum Gasteiger partial charge on any atom is -0.503 e. The van der Waals surface area contributed by atoms with Gasteiger partial charge in [-0.3, -0.25) is 9.59 Å². The van der Waals surface area contributed by atoms with E-state index in [-0.39, 0.29) is 11.3 Å². The van der Waals surface area contributed by atoms with Crippen LogP contribution in [0.4, 0.5) is 5.69 Å². The summed E-state index contributed by atoms with van der Waals surface area (Å²) in [4.78, 5) is 32.7. The molecule has 0 saturated heterocycles. The lowest BCUT2D eigenvalue weighted by molar-refractivity contribution is -0.129. The first kappa shape index (κ1) is 24.5. The Morgan fingerprint density at radius 3 is 2.37 bits per heavy atom. The van der Waals surface area contributed by atoms with Gasteiger partial charge in [0.1, 0.15) is 5.58 Å². The molecule has 0 fully saturated rings. The molecule has 7 nitrogen and oxygen atoms in total. The van der Waals surface area contributed by atoms with Crippen LogP contribution in [-0.4, -0.2) is 66.9 Å². The molecule has 0 spiro atoms. The maximum atomic E-state index is 13.6. The number of aliphatic hydroxyl groups is 1. The zero-order chi connectivity index (χ0) is 25.1. The number of benzene rings is 2. The molecular formula is C28H33N3O4. The fraction of sp³-hybridized carbons (Fsp3) is 0.357. The number of rotatable bonds is 10. The smallest absolute Gasteiger partial charge is 0.290 e. The molecule has 35 heavy (non-hydrogen) atoms. The molecule has 1 unspecified atom stereocenters. The highest BCUT2D eigenvalue weighted by atomic mass is 16.3. The molecule has 0 bridgehead atoms. The van der Waals surface area contributed by atoms with Crippen molar-refractivity contribution in [3.8, 4) is 0 Å². The standard InChI is InChI=1S/C28H33N3O4/c1-5-30(6-2)16-9-17-31-25(19-12-14-21(15-13-19)29(3)4)24(27(33)28(31)34)26(32)23-18-20-10-7-8-11-22(20)35-23/h7-8,10-15,18,25,33H,5-6,9,16-17H2,1-4H3. The average Bonchev–Trinajstić information content (AvgIpc) is 3.41. The first-order valence-corrected chi connectivity index (χ1v) is 12.1. The summed E-state index contributed by atoms with van der Waals surface area (Å²) in [5.74, 6) is -1.38. The molecule has 7 heteroatoms. The number of amides is 1. The first-order valence-electron chi connectivity index (χ1n) is 12.1. The third-order valence-electron chi connectivity index (χ3n) is 6.69. The van der Waals surface area contributed by atoms with Crippen molar-refractivity contribution in [1.82, 2.24) is 9.80 Å². The highest BCUT2D eigenvalue weighted by molar-refractivity contribution is 6.16. The molecule has 1 aromatic heterocycles. The Bertz CT molecular complexity index is 1210. The average molecular weight is 476 g/mol. The number of nitrogens with zero attached hydrogens (tertiary/aromatic N) is 3. The van der Waals surface area contributed by atoms with Gasteiger partial charge in [0.25, 0.3) is 5.91 Å². The van der Waals surface area contributed by atoms with E-state index in [1.54, 1.807) is 17.0 Å². The van der Waals surface area contributed by atoms with Crippen molar-refractivity contribution in [3.63, 3.8) is 0 Å². The quantitative estimate of drug-likeness (QED) is 0.424. The van der Waals surface area contributed by atoms with Gasteiger partial charge in [-0.25, -0.2) is 0 Å². The van der Waals surface area contributed by atoms with Crippen LogP contribution in [0.1, 0.15) is 42.4 Å². The summed E-state index contributed by atoms with van der Waals surface area (Å²) in [7, 11) is 3.91. The number of anilines is 1. The highest BCUT2D eigenvalue weighted by Gasteiger charge is 2.44. The maximum absolute atomic E-state index is 13.6. The van der Waals surface area contributed by atoms with Crippen molar-refractivity contribution in [2.45, 2.75) is 26.3 Å². The van der Waals surface area contributed by atoms with Crippen LogP contribution in [0.5, 0.6) is 0 Å². The summed E-state index contributed by atoms with van der Waals surface area (Å²) in [5.41, 5.74) is 2.43. The van der Waals surface area contributed by atoms with Gasteiger partial charge in [-0.15, -0.1) is 0 Å². The van der Waals surface area contributed by atoms with E-state index >= 15 is 0 Å². The molecular weight excluding hydrogens is 442 g/mol. The highest BCUT2D eigenvalue weighted by Crippen LogP contribution is 2.40. The van der Waals surface area contributed by atoms with Crippen LogP contribution >= 0.6 is 0 Å². The summed E-state index contributed by atoms with van der Waals surface area (Å²) in [6.45, 7) is 7.33. The van der Waals surface area contributed by atoms with Crippen LogP contribution in [0.2, 0.25) is 0 Å². The molecule has 2 heterocycles. The Balaban J connectivity index is 1.70. The van der Waals surface area contributed by atoms with Crippen molar-refractivity contribution in [1.29, 1.82) is 0 Å². The minimum absolute atomic E-state index is 0.0644. The van der Waals surface area contributed by atoms with Crippen LogP contribution in [0.25, 0.3) is 11.0 Å². The third kappa shape index (κ3) is 4.82. The van der Waals surface area contributed by atoms with Crippen molar-refractivity contribution < 1.29 is 19.1 Å². The van der Waals surface area contributed by atoms with E-state index in [0.29, 0.717) is 12.1 Å². The van der Waals surface area contributed by atoms with E-state index in [2.05, 4.69) is 18.7 Å². The Labute approximate surface area is 206 Å². The van der Waals surface area contributed by atoms with Crippen LogP contribution in [0.15, 0.2) is 70.3 Å². The van der Waals surface area contributed by atoms with Gasteiger partial charge in [0, 0.05) is 31.7 Å². The van der Waals surface area contributed by atoms with Gasteiger partial charge in [-0.2, -0.15) is 0 Å². The molecule has 1 atom stereocenters. The van der Waals surface area contributed by atoms with Crippen LogP contribution in [-0.2, 0) is 4.79 Å². The van der Waals surface area contributed by atoms with Gasteiger partial charge >= 0.3 is 0 Å². The van der Waals surface area contributed by atoms with E-state index in [9.17, 15) is 14.7 Å². The molecule has 0 saturated carbocycles. The van der Waals surface area contributed by atoms with Crippen molar-refractivity contribution >= 4 is 28.3 Å². The third-order valence-corrected chi connectivity index (χ3v) is 6.69. The number of fused-ring (bicyclic) bond motifs is 1. The van der Waals surface area contributed by atoms with E-state index in [4.69, 9.17) is 4.42 Å². The number of ketones is 1. The van der Waals surface area contributed by atoms with Gasteiger partial charge < -0.3 is 24.2 Å². The van der Waals surface area contributed by atoms with E-state index in [0.717, 1.165) is 42.7 Å². The largest absolute Gasteiger partial charge is 0.503 e. The van der Waals surface area contributed by atoms with Gasteiger partial charge in [-0.1, -0.05) is 44.2 Å². The predicted molar refractivity (Wildman–Crippen MR) is 138 cm³/mol. The number of furan rings is 1. The van der Waals surface area contributed by atoms with E-state index in [1.807, 2.05) is 61.5 Å². The molecule has 3 aromatic rings. The lowest BCUT2D eigenvalue weighted by Crippen LogP contribution is -2.34. The molecule has 0 aliphatic carbocycles. The van der Waals surface area contributed by atoms with Crippen LogP contribution in [0.3, 0.4) is 0 Å². The summed E-state index contributed by atoms with van der Waals surface area (Å²) in [6, 6.07) is 16.1. The van der Waals surface area contributed by atoms with Crippen LogP contribution < -0.4 is 4.90 Å². The predicted octanol–water partition coefficient (Wildman–Crippen LogP) is 4.81. The number of aliphatic hydroxyl groups excluding tert-OH is 1. The van der Waals surface area contributed by atoms with E-state index in [1.165, 1.54) is 0 Å².